The number of methoxy groups -OCH3 is 1. The van der Waals surface area contributed by atoms with Gasteiger partial charge in [-0.2, -0.15) is 5.10 Å². The number of hydrogen-bond donors (Lipinski definition) is 1. The lowest BCUT2D eigenvalue weighted by atomic mass is 9.88. The molecule has 0 aromatic carbocycles. The predicted octanol–water partition coefficient (Wildman–Crippen LogP) is 0.902. The molecule has 0 aliphatic carbocycles. The number of carbonyl (C=O) groups is 1. The summed E-state index contributed by atoms with van der Waals surface area (Å²) in [4.78, 5) is 19.5. The van der Waals surface area contributed by atoms with Crippen molar-refractivity contribution in [3.63, 3.8) is 0 Å². The van der Waals surface area contributed by atoms with Crippen LogP contribution < -0.4 is 5.32 Å². The maximum atomic E-state index is 13.1. The predicted molar refractivity (Wildman–Crippen MR) is 90.6 cm³/mol. The lowest BCUT2D eigenvalue weighted by molar-refractivity contribution is -0.160. The van der Waals surface area contributed by atoms with Crippen molar-refractivity contribution in [3.8, 4) is 0 Å². The van der Waals surface area contributed by atoms with Crippen LogP contribution in [0.3, 0.4) is 0 Å². The van der Waals surface area contributed by atoms with Gasteiger partial charge in [0.05, 0.1) is 0 Å². The summed E-state index contributed by atoms with van der Waals surface area (Å²) in [7, 11) is 1.67. The van der Waals surface area contributed by atoms with Gasteiger partial charge in [-0.15, -0.1) is 0 Å². The molecule has 2 aliphatic heterocycles. The van der Waals surface area contributed by atoms with Crippen molar-refractivity contribution in [1.82, 2.24) is 25.0 Å². The average molecular weight is 335 g/mol. The number of nitrogens with one attached hydrogen (secondary N) is 1. The minimum atomic E-state index is -0.632. The third-order valence-corrected chi connectivity index (χ3v) is 5.39. The van der Waals surface area contributed by atoms with Gasteiger partial charge in [-0.3, -0.25) is 4.79 Å². The largest absolute Gasteiger partial charge is 0.368 e. The Kier molecular flexibility index (Phi) is 5.20. The molecule has 1 amide bonds. The zero-order chi connectivity index (χ0) is 17.2. The molecule has 7 nitrogen and oxygen atoms in total. The molecule has 0 saturated carbocycles. The molecule has 0 bridgehead atoms. The van der Waals surface area contributed by atoms with E-state index < -0.39 is 5.60 Å². The lowest BCUT2D eigenvalue weighted by Crippen LogP contribution is -2.57. The molecule has 24 heavy (non-hydrogen) atoms. The summed E-state index contributed by atoms with van der Waals surface area (Å²) in [5, 5.41) is 7.78. The monoisotopic (exact) mass is 335 g/mol. The van der Waals surface area contributed by atoms with Gasteiger partial charge < -0.3 is 15.0 Å². The second-order valence-electron chi connectivity index (χ2n) is 7.10. The van der Waals surface area contributed by atoms with Crippen LogP contribution in [0.15, 0.2) is 0 Å². The first-order chi connectivity index (χ1) is 11.5. The Labute approximate surface area is 143 Å². The van der Waals surface area contributed by atoms with Gasteiger partial charge in [0.2, 0.25) is 0 Å². The van der Waals surface area contributed by atoms with Crippen molar-refractivity contribution in [3.05, 3.63) is 11.6 Å². The highest BCUT2D eigenvalue weighted by molar-refractivity contribution is 5.85. The molecule has 0 spiro atoms. The van der Waals surface area contributed by atoms with Crippen LogP contribution in [-0.2, 0) is 16.1 Å². The maximum absolute atomic E-state index is 13.1. The van der Waals surface area contributed by atoms with Gasteiger partial charge in [0.1, 0.15) is 17.2 Å². The molecular formula is C17H29N5O2. The van der Waals surface area contributed by atoms with Crippen LogP contribution in [0.1, 0.15) is 37.3 Å². The zero-order valence-electron chi connectivity index (χ0n) is 15.0. The molecule has 0 radical (unpaired) electrons. The third-order valence-electron chi connectivity index (χ3n) is 5.39. The summed E-state index contributed by atoms with van der Waals surface area (Å²) < 4.78 is 7.69. The zero-order valence-corrected chi connectivity index (χ0v) is 15.0. The highest BCUT2D eigenvalue weighted by Gasteiger charge is 2.43. The quantitative estimate of drug-likeness (QED) is 0.885. The molecule has 1 aromatic heterocycles. The van der Waals surface area contributed by atoms with Crippen molar-refractivity contribution < 1.29 is 9.53 Å². The van der Waals surface area contributed by atoms with E-state index in [1.165, 1.54) is 0 Å². The Morgan fingerprint density at radius 3 is 2.75 bits per heavy atom. The summed E-state index contributed by atoms with van der Waals surface area (Å²) in [5.74, 6) is 2.35. The van der Waals surface area contributed by atoms with Crippen LogP contribution in [0.25, 0.3) is 0 Å². The number of piperidine rings is 2. The van der Waals surface area contributed by atoms with E-state index in [1.807, 2.05) is 23.4 Å². The molecule has 3 rings (SSSR count). The van der Waals surface area contributed by atoms with E-state index in [4.69, 9.17) is 4.74 Å². The SMILES string of the molecule is COC1(C(=O)N2CCCC(Cn3nc(C)nc3C)C2)CCNCC1. The molecular weight excluding hydrogens is 306 g/mol. The summed E-state index contributed by atoms with van der Waals surface area (Å²) in [5.41, 5.74) is -0.632. The first-order valence-corrected chi connectivity index (χ1v) is 8.97. The number of likely N-dealkylation sites (tertiary alicyclic amines) is 1. The van der Waals surface area contributed by atoms with Gasteiger partial charge in [0.15, 0.2) is 0 Å². The van der Waals surface area contributed by atoms with Gasteiger partial charge in [-0.1, -0.05) is 0 Å². The van der Waals surface area contributed by atoms with Gasteiger partial charge in [-0.25, -0.2) is 9.67 Å². The Morgan fingerprint density at radius 1 is 1.38 bits per heavy atom. The van der Waals surface area contributed by atoms with E-state index in [2.05, 4.69) is 15.4 Å². The number of aryl methyl sites for hydroxylation is 2. The fourth-order valence-electron chi connectivity index (χ4n) is 4.00. The number of amides is 1. The molecule has 134 valence electrons. The summed E-state index contributed by atoms with van der Waals surface area (Å²) in [6.45, 7) is 8.04. The molecule has 3 heterocycles. The normalized spacial score (nSPS) is 24.1. The molecule has 2 aliphatic rings. The molecule has 1 atom stereocenters. The van der Waals surface area contributed by atoms with E-state index in [9.17, 15) is 4.79 Å². The van der Waals surface area contributed by atoms with E-state index >= 15 is 0 Å². The number of rotatable bonds is 4. The van der Waals surface area contributed by atoms with Crippen molar-refractivity contribution in [2.24, 2.45) is 5.92 Å². The summed E-state index contributed by atoms with van der Waals surface area (Å²) >= 11 is 0. The van der Waals surface area contributed by atoms with Crippen molar-refractivity contribution >= 4 is 5.91 Å². The van der Waals surface area contributed by atoms with E-state index in [0.29, 0.717) is 5.92 Å². The highest BCUT2D eigenvalue weighted by Crippen LogP contribution is 2.28. The Hall–Kier alpha value is -1.47. The summed E-state index contributed by atoms with van der Waals surface area (Å²) in [6, 6.07) is 0. The average Bonchev–Trinajstić information content (AvgIpc) is 2.92. The fraction of sp³-hybridized carbons (Fsp3) is 0.824. The van der Waals surface area contributed by atoms with Crippen LogP contribution in [0.4, 0.5) is 0 Å². The highest BCUT2D eigenvalue weighted by atomic mass is 16.5. The minimum Gasteiger partial charge on any atom is -0.368 e. The molecule has 1 N–H and O–H groups in total. The van der Waals surface area contributed by atoms with Crippen LogP contribution in [0.5, 0.6) is 0 Å². The second kappa shape index (κ2) is 7.19. The first-order valence-electron chi connectivity index (χ1n) is 8.97. The molecule has 1 unspecified atom stereocenters. The van der Waals surface area contributed by atoms with E-state index in [0.717, 1.165) is 70.1 Å². The van der Waals surface area contributed by atoms with Crippen LogP contribution in [0, 0.1) is 19.8 Å². The second-order valence-corrected chi connectivity index (χ2v) is 7.10. The topological polar surface area (TPSA) is 72.3 Å². The molecule has 7 heteroatoms. The Bertz CT molecular complexity index is 580. The van der Waals surface area contributed by atoms with Gasteiger partial charge in [0.25, 0.3) is 5.91 Å². The number of carbonyl (C=O) groups excluding carboxylic acids is 1. The number of aromatic nitrogens is 3. The van der Waals surface area contributed by atoms with Gasteiger partial charge in [0, 0.05) is 26.7 Å². The number of nitrogens with zero attached hydrogens (tertiary/aromatic N) is 4. The van der Waals surface area contributed by atoms with Gasteiger partial charge >= 0.3 is 0 Å². The standard InChI is InChI=1S/C17H29N5O2/c1-13-19-14(2)22(20-13)12-15-5-4-10-21(11-15)16(23)17(24-3)6-8-18-9-7-17/h15,18H,4-12H2,1-3H3. The van der Waals surface area contributed by atoms with Crippen molar-refractivity contribution in [2.75, 3.05) is 33.3 Å². The van der Waals surface area contributed by atoms with Crippen LogP contribution >= 0.6 is 0 Å². The molecule has 2 saturated heterocycles. The van der Waals surface area contributed by atoms with Crippen molar-refractivity contribution in [2.45, 2.75) is 51.7 Å². The van der Waals surface area contributed by atoms with E-state index in [-0.39, 0.29) is 5.91 Å². The smallest absolute Gasteiger partial charge is 0.254 e. The number of hydrogen-bond acceptors (Lipinski definition) is 5. The van der Waals surface area contributed by atoms with Crippen LogP contribution in [-0.4, -0.2) is 64.5 Å². The molecule has 1 aromatic rings. The Morgan fingerprint density at radius 2 is 2.12 bits per heavy atom. The van der Waals surface area contributed by atoms with Crippen LogP contribution in [0.2, 0.25) is 0 Å². The number of ether oxygens (including phenoxy) is 1. The first kappa shape index (κ1) is 17.4. The maximum Gasteiger partial charge on any atom is 0.254 e. The third kappa shape index (κ3) is 3.47. The minimum absolute atomic E-state index is 0.169. The van der Waals surface area contributed by atoms with Gasteiger partial charge in [-0.05, 0) is 58.5 Å². The summed E-state index contributed by atoms with van der Waals surface area (Å²) in [6.07, 6.45) is 3.68. The Balaban J connectivity index is 1.66. The molecule has 2 fully saturated rings. The van der Waals surface area contributed by atoms with E-state index in [1.54, 1.807) is 7.11 Å². The fourth-order valence-corrected chi connectivity index (χ4v) is 4.00. The van der Waals surface area contributed by atoms with Crippen molar-refractivity contribution in [1.29, 1.82) is 0 Å². The lowest BCUT2D eigenvalue weighted by Gasteiger charge is -2.41.